The minimum atomic E-state index is -0.664. The molecule has 0 unspecified atom stereocenters. The van der Waals surface area contributed by atoms with E-state index in [0.29, 0.717) is 5.95 Å². The Morgan fingerprint density at radius 3 is 3.00 bits per heavy atom. The highest BCUT2D eigenvalue weighted by molar-refractivity contribution is 5.54. The van der Waals surface area contributed by atoms with Crippen LogP contribution in [0.1, 0.15) is 11.3 Å². The molecular formula is C13H12F2N4. The van der Waals surface area contributed by atoms with Gasteiger partial charge in [0.15, 0.2) is 0 Å². The van der Waals surface area contributed by atoms with E-state index in [9.17, 15) is 8.78 Å². The van der Waals surface area contributed by atoms with E-state index in [1.54, 1.807) is 6.20 Å². The van der Waals surface area contributed by atoms with Gasteiger partial charge >= 0.3 is 0 Å². The van der Waals surface area contributed by atoms with Crippen molar-refractivity contribution in [3.8, 4) is 0 Å². The van der Waals surface area contributed by atoms with Gasteiger partial charge in [0.2, 0.25) is 5.95 Å². The van der Waals surface area contributed by atoms with Crippen LogP contribution < -0.4 is 10.6 Å². The van der Waals surface area contributed by atoms with Crippen molar-refractivity contribution < 1.29 is 8.78 Å². The summed E-state index contributed by atoms with van der Waals surface area (Å²) in [6.07, 6.45) is 2.54. The second-order valence-electron chi connectivity index (χ2n) is 4.34. The molecule has 0 saturated heterocycles. The van der Waals surface area contributed by atoms with Gasteiger partial charge in [-0.25, -0.2) is 18.7 Å². The smallest absolute Gasteiger partial charge is 0.227 e. The summed E-state index contributed by atoms with van der Waals surface area (Å²) in [6.45, 7) is 1.62. The predicted molar refractivity (Wildman–Crippen MR) is 67.1 cm³/mol. The van der Waals surface area contributed by atoms with Crippen molar-refractivity contribution in [3.05, 3.63) is 47.3 Å². The molecule has 98 valence electrons. The van der Waals surface area contributed by atoms with Crippen LogP contribution in [0.4, 0.5) is 20.4 Å². The molecule has 0 fully saturated rings. The summed E-state index contributed by atoms with van der Waals surface area (Å²) >= 11 is 0. The lowest BCUT2D eigenvalue weighted by atomic mass is 10.1. The van der Waals surface area contributed by atoms with Gasteiger partial charge in [0, 0.05) is 37.3 Å². The van der Waals surface area contributed by atoms with Gasteiger partial charge in [0.05, 0.1) is 11.4 Å². The molecule has 6 heteroatoms. The molecule has 1 aromatic carbocycles. The number of anilines is 2. The maximum Gasteiger partial charge on any atom is 0.227 e. The largest absolute Gasteiger partial charge is 0.322 e. The molecule has 0 aliphatic carbocycles. The first kappa shape index (κ1) is 12.0. The van der Waals surface area contributed by atoms with E-state index in [4.69, 9.17) is 0 Å². The van der Waals surface area contributed by atoms with Crippen LogP contribution in [0, 0.1) is 11.6 Å². The van der Waals surface area contributed by atoms with Crippen LogP contribution in [0.5, 0.6) is 0 Å². The Balaban J connectivity index is 1.87. The van der Waals surface area contributed by atoms with Gasteiger partial charge < -0.3 is 10.6 Å². The zero-order chi connectivity index (χ0) is 13.2. The molecule has 1 aromatic heterocycles. The van der Waals surface area contributed by atoms with Crippen LogP contribution in [0.3, 0.4) is 0 Å². The highest BCUT2D eigenvalue weighted by Crippen LogP contribution is 2.19. The molecule has 0 bridgehead atoms. The molecule has 0 amide bonds. The summed E-state index contributed by atoms with van der Waals surface area (Å²) in [5.74, 6) is -0.949. The summed E-state index contributed by atoms with van der Waals surface area (Å²) in [6, 6.07) is 3.34. The molecule has 4 nitrogen and oxygen atoms in total. The summed E-state index contributed by atoms with van der Waals surface area (Å²) in [4.78, 5) is 8.48. The van der Waals surface area contributed by atoms with Gasteiger partial charge in [-0.2, -0.15) is 0 Å². The minimum absolute atomic E-state index is 0.162. The van der Waals surface area contributed by atoms with Crippen LogP contribution in [-0.2, 0) is 13.0 Å². The predicted octanol–water partition coefficient (Wildman–Crippen LogP) is 2.14. The third-order valence-corrected chi connectivity index (χ3v) is 2.99. The monoisotopic (exact) mass is 262 g/mol. The second kappa shape index (κ2) is 4.89. The Labute approximate surface area is 108 Å². The number of fused-ring (bicyclic) bond motifs is 1. The van der Waals surface area contributed by atoms with Crippen LogP contribution in [-0.4, -0.2) is 16.5 Å². The van der Waals surface area contributed by atoms with E-state index < -0.39 is 11.6 Å². The fourth-order valence-electron chi connectivity index (χ4n) is 2.01. The Morgan fingerprint density at radius 2 is 2.16 bits per heavy atom. The first-order chi connectivity index (χ1) is 9.22. The Bertz CT molecular complexity index is 616. The lowest BCUT2D eigenvalue weighted by Crippen LogP contribution is -2.25. The van der Waals surface area contributed by atoms with Crippen molar-refractivity contribution >= 4 is 11.6 Å². The Morgan fingerprint density at radius 1 is 1.26 bits per heavy atom. The second-order valence-corrected chi connectivity index (χ2v) is 4.34. The topological polar surface area (TPSA) is 49.8 Å². The van der Waals surface area contributed by atoms with E-state index in [2.05, 4.69) is 20.6 Å². The Kier molecular flexibility index (Phi) is 3.08. The molecule has 1 aliphatic heterocycles. The molecule has 2 N–H and O–H groups in total. The summed E-state index contributed by atoms with van der Waals surface area (Å²) in [5.41, 5.74) is 2.17. The molecule has 0 atom stereocenters. The quantitative estimate of drug-likeness (QED) is 0.870. The van der Waals surface area contributed by atoms with Gasteiger partial charge in [-0.05, 0) is 12.1 Å². The first-order valence-corrected chi connectivity index (χ1v) is 6.00. The highest BCUT2D eigenvalue weighted by Gasteiger charge is 2.12. The van der Waals surface area contributed by atoms with E-state index >= 15 is 0 Å². The van der Waals surface area contributed by atoms with Crippen molar-refractivity contribution in [1.29, 1.82) is 0 Å². The molecule has 19 heavy (non-hydrogen) atoms. The molecular weight excluding hydrogens is 250 g/mol. The third-order valence-electron chi connectivity index (χ3n) is 2.99. The number of hydrogen-bond donors (Lipinski definition) is 2. The number of rotatable bonds is 2. The van der Waals surface area contributed by atoms with Gasteiger partial charge in [-0.3, -0.25) is 0 Å². The average Bonchev–Trinajstić information content (AvgIpc) is 2.42. The minimum Gasteiger partial charge on any atom is -0.322 e. The Hall–Kier alpha value is -2.08. The van der Waals surface area contributed by atoms with Gasteiger partial charge in [0.25, 0.3) is 0 Å². The molecule has 2 heterocycles. The summed E-state index contributed by atoms with van der Waals surface area (Å²) in [7, 11) is 0. The molecule has 3 rings (SSSR count). The van der Waals surface area contributed by atoms with Crippen LogP contribution >= 0.6 is 0 Å². The van der Waals surface area contributed by atoms with Gasteiger partial charge in [-0.1, -0.05) is 0 Å². The average molecular weight is 262 g/mol. The van der Waals surface area contributed by atoms with Crippen LogP contribution in [0.15, 0.2) is 24.4 Å². The van der Waals surface area contributed by atoms with Crippen molar-refractivity contribution in [2.45, 2.75) is 13.0 Å². The molecule has 0 saturated carbocycles. The first-order valence-electron chi connectivity index (χ1n) is 6.00. The zero-order valence-electron chi connectivity index (χ0n) is 10.1. The molecule has 0 radical (unpaired) electrons. The van der Waals surface area contributed by atoms with Crippen molar-refractivity contribution in [2.75, 3.05) is 11.9 Å². The fourth-order valence-corrected chi connectivity index (χ4v) is 2.01. The number of hydrogen-bond acceptors (Lipinski definition) is 4. The van der Waals surface area contributed by atoms with Crippen LogP contribution in [0.25, 0.3) is 0 Å². The summed E-state index contributed by atoms with van der Waals surface area (Å²) < 4.78 is 26.3. The van der Waals surface area contributed by atoms with Crippen LogP contribution in [0.2, 0.25) is 0 Å². The lowest BCUT2D eigenvalue weighted by molar-refractivity contribution is 0.585. The SMILES string of the molecule is Fc1ccc(Nc2ncc3c(n2)CCNC3)c(F)c1. The number of benzene rings is 1. The van der Waals surface area contributed by atoms with Crippen molar-refractivity contribution in [2.24, 2.45) is 0 Å². The number of nitrogens with one attached hydrogen (secondary N) is 2. The lowest BCUT2D eigenvalue weighted by Gasteiger charge is -2.16. The normalized spacial score (nSPS) is 14.0. The van der Waals surface area contributed by atoms with Gasteiger partial charge in [0.1, 0.15) is 11.6 Å². The molecule has 2 aromatic rings. The van der Waals surface area contributed by atoms with Gasteiger partial charge in [-0.15, -0.1) is 0 Å². The number of nitrogens with zero attached hydrogens (tertiary/aromatic N) is 2. The van der Waals surface area contributed by atoms with E-state index in [0.717, 1.165) is 36.8 Å². The van der Waals surface area contributed by atoms with Crippen molar-refractivity contribution in [1.82, 2.24) is 15.3 Å². The summed E-state index contributed by atoms with van der Waals surface area (Å²) in [5, 5.41) is 5.99. The molecule has 0 spiro atoms. The zero-order valence-corrected chi connectivity index (χ0v) is 10.1. The number of aromatic nitrogens is 2. The van der Waals surface area contributed by atoms with E-state index in [-0.39, 0.29) is 5.69 Å². The van der Waals surface area contributed by atoms with E-state index in [1.165, 1.54) is 12.1 Å². The van der Waals surface area contributed by atoms with Crippen molar-refractivity contribution in [3.63, 3.8) is 0 Å². The fraction of sp³-hybridized carbons (Fsp3) is 0.231. The maximum atomic E-state index is 13.5. The maximum absolute atomic E-state index is 13.5. The standard InChI is InChI=1S/C13H12F2N4/c14-9-1-2-12(10(15)5-9)19-13-17-7-8-6-16-4-3-11(8)18-13/h1-2,5,7,16H,3-4,6H2,(H,17,18,19). The van der Waals surface area contributed by atoms with E-state index in [1.807, 2.05) is 0 Å². The third kappa shape index (κ3) is 2.53. The highest BCUT2D eigenvalue weighted by atomic mass is 19.1. The molecule has 1 aliphatic rings. The number of halogens is 2.